The van der Waals surface area contributed by atoms with E-state index >= 15 is 0 Å². The number of unbranched alkanes of at least 4 members (excludes halogenated alkanes) is 1. The summed E-state index contributed by atoms with van der Waals surface area (Å²) in [6, 6.07) is 18.0. The molecule has 37 heavy (non-hydrogen) atoms. The van der Waals surface area contributed by atoms with Crippen LogP contribution in [0.5, 0.6) is 0 Å². The number of carbonyl (C=O) groups excluding carboxylic acids is 2. The van der Waals surface area contributed by atoms with Crippen LogP contribution in [0.4, 0.5) is 5.69 Å². The number of nitrogens with zero attached hydrogens (tertiary/aromatic N) is 4. The molecule has 0 unspecified atom stereocenters. The number of amides is 2. The van der Waals surface area contributed by atoms with Gasteiger partial charge in [-0.05, 0) is 61.1 Å². The third-order valence-corrected chi connectivity index (χ3v) is 8.49. The number of anilines is 1. The lowest BCUT2D eigenvalue weighted by atomic mass is 9.73. The molecule has 3 aromatic rings. The van der Waals surface area contributed by atoms with Gasteiger partial charge in [-0.15, -0.1) is 0 Å². The van der Waals surface area contributed by atoms with Crippen LogP contribution in [0.3, 0.4) is 0 Å². The van der Waals surface area contributed by atoms with E-state index in [1.54, 1.807) is 4.90 Å². The number of hydrogen-bond acceptors (Lipinski definition) is 4. The molecular weight excluding hydrogens is 488 g/mol. The fraction of sp³-hybridized carbons (Fsp3) is 0.414. The predicted molar refractivity (Wildman–Crippen MR) is 141 cm³/mol. The lowest BCUT2D eigenvalue weighted by Crippen LogP contribution is -2.65. The highest BCUT2D eigenvalue weighted by Gasteiger charge is 2.59. The second kappa shape index (κ2) is 9.20. The molecule has 2 aliphatic heterocycles. The van der Waals surface area contributed by atoms with Gasteiger partial charge in [0.25, 0.3) is 0 Å². The highest BCUT2D eigenvalue weighted by Crippen LogP contribution is 2.48. The lowest BCUT2D eigenvalue weighted by Gasteiger charge is -2.47. The van der Waals surface area contributed by atoms with Crippen LogP contribution in [0.2, 0.25) is 5.02 Å². The Hall–Kier alpha value is -3.34. The number of halogens is 1. The maximum Gasteiger partial charge on any atom is 0.241 e. The Bertz CT molecular complexity index is 1430. The molecule has 2 fully saturated rings. The lowest BCUT2D eigenvalue weighted by molar-refractivity contribution is -0.146. The molecule has 1 aliphatic carbocycles. The summed E-state index contributed by atoms with van der Waals surface area (Å²) in [5.74, 6) is 0.350. The molecule has 1 spiro atoms. The number of aliphatic hydroxyl groups excluding tert-OH is 1. The largest absolute Gasteiger partial charge is 0.393 e. The molecule has 0 radical (unpaired) electrons. The van der Waals surface area contributed by atoms with Crippen molar-refractivity contribution in [2.45, 2.75) is 56.7 Å². The van der Waals surface area contributed by atoms with Crippen LogP contribution in [0.25, 0.3) is 10.9 Å². The van der Waals surface area contributed by atoms with Crippen molar-refractivity contribution in [2.75, 3.05) is 18.0 Å². The van der Waals surface area contributed by atoms with Crippen molar-refractivity contribution in [1.82, 2.24) is 9.47 Å². The molecule has 3 heterocycles. The molecule has 2 aromatic carbocycles. The van der Waals surface area contributed by atoms with Crippen molar-refractivity contribution in [2.24, 2.45) is 5.92 Å². The van der Waals surface area contributed by atoms with E-state index in [0.29, 0.717) is 56.9 Å². The average Bonchev–Trinajstić information content (AvgIpc) is 3.29. The highest BCUT2D eigenvalue weighted by molar-refractivity contribution is 6.31. The molecule has 8 heteroatoms. The Balaban J connectivity index is 1.27. The Kier molecular flexibility index (Phi) is 5.97. The average molecular weight is 517 g/mol. The molecule has 1 saturated carbocycles. The molecule has 190 valence electrons. The van der Waals surface area contributed by atoms with Crippen LogP contribution in [0.1, 0.15) is 43.4 Å². The van der Waals surface area contributed by atoms with Gasteiger partial charge in [0, 0.05) is 59.8 Å². The second-order valence-corrected chi connectivity index (χ2v) is 11.1. The molecule has 3 aliphatic rings. The van der Waals surface area contributed by atoms with Crippen LogP contribution in [-0.2, 0) is 28.1 Å². The minimum absolute atomic E-state index is 0.0312. The van der Waals surface area contributed by atoms with Gasteiger partial charge in [0.05, 0.1) is 18.7 Å². The molecule has 7 nitrogen and oxygen atoms in total. The molecule has 1 saturated heterocycles. The number of fused-ring (bicyclic) bond motifs is 3. The van der Waals surface area contributed by atoms with Crippen molar-refractivity contribution in [3.05, 3.63) is 64.8 Å². The van der Waals surface area contributed by atoms with Gasteiger partial charge < -0.3 is 19.5 Å². The molecule has 1 N–H and O–H groups in total. The first kappa shape index (κ1) is 24.0. The second-order valence-electron chi connectivity index (χ2n) is 10.7. The van der Waals surface area contributed by atoms with Gasteiger partial charge in [-0.1, -0.05) is 29.8 Å². The maximum absolute atomic E-state index is 14.0. The van der Waals surface area contributed by atoms with Gasteiger partial charge >= 0.3 is 0 Å². The van der Waals surface area contributed by atoms with Crippen LogP contribution in [0, 0.1) is 17.2 Å². The summed E-state index contributed by atoms with van der Waals surface area (Å²) in [4.78, 5) is 30.5. The minimum atomic E-state index is -0.702. The molecule has 1 aromatic heterocycles. The smallest absolute Gasteiger partial charge is 0.241 e. The molecule has 2 amide bonds. The number of aromatic nitrogens is 1. The monoisotopic (exact) mass is 516 g/mol. The van der Waals surface area contributed by atoms with E-state index in [4.69, 9.17) is 16.9 Å². The van der Waals surface area contributed by atoms with Crippen molar-refractivity contribution in [1.29, 1.82) is 5.26 Å². The first-order chi connectivity index (χ1) is 17.9. The first-order valence-corrected chi connectivity index (χ1v) is 13.3. The minimum Gasteiger partial charge on any atom is -0.393 e. The Labute approximate surface area is 220 Å². The zero-order valence-corrected chi connectivity index (χ0v) is 21.3. The number of aryl methyl sites for hydroxylation is 1. The molecule has 6 rings (SSSR count). The number of carbonyl (C=O) groups is 2. The fourth-order valence-corrected chi connectivity index (χ4v) is 6.44. The van der Waals surface area contributed by atoms with Gasteiger partial charge in [-0.2, -0.15) is 5.26 Å². The van der Waals surface area contributed by atoms with Gasteiger partial charge in [0.15, 0.2) is 0 Å². The number of rotatable bonds is 7. The predicted octanol–water partition coefficient (Wildman–Crippen LogP) is 4.39. The van der Waals surface area contributed by atoms with Crippen LogP contribution in [0.15, 0.2) is 48.5 Å². The van der Waals surface area contributed by atoms with Crippen molar-refractivity contribution >= 4 is 40.0 Å². The standard InChI is InChI=1S/C29H29ClN4O3/c30-21-7-8-25-20(14-21)15-22(33(25)10-4-3-9-31)16-34-26-6-2-1-5-24(26)29(28(34)37)17-32(18-29)27(36)13-19-11-23(35)12-19/h1-2,5-8,14-15,19,23,35H,3-4,10-13,16-18H2. The van der Waals surface area contributed by atoms with Crippen LogP contribution in [-0.4, -0.2) is 45.6 Å². The highest BCUT2D eigenvalue weighted by atomic mass is 35.5. The summed E-state index contributed by atoms with van der Waals surface area (Å²) in [6.45, 7) is 1.88. The van der Waals surface area contributed by atoms with Crippen LogP contribution >= 0.6 is 11.6 Å². The molecular formula is C29H29ClN4O3. The summed E-state index contributed by atoms with van der Waals surface area (Å²) in [6.07, 6.45) is 2.73. The van der Waals surface area contributed by atoms with Crippen molar-refractivity contribution in [3.8, 4) is 6.07 Å². The number of aliphatic hydroxyl groups is 1. The fourth-order valence-electron chi connectivity index (χ4n) is 6.26. The van der Waals surface area contributed by atoms with E-state index in [0.717, 1.165) is 34.3 Å². The Morgan fingerprint density at radius 1 is 1.16 bits per heavy atom. The van der Waals surface area contributed by atoms with E-state index < -0.39 is 5.41 Å². The number of para-hydroxylation sites is 1. The molecule has 0 bridgehead atoms. The Morgan fingerprint density at radius 3 is 2.70 bits per heavy atom. The number of hydrogen-bond donors (Lipinski definition) is 1. The summed E-state index contributed by atoms with van der Waals surface area (Å²) in [5.41, 5.74) is 3.21. The topological polar surface area (TPSA) is 89.6 Å². The third kappa shape index (κ3) is 4.00. The summed E-state index contributed by atoms with van der Waals surface area (Å²) in [7, 11) is 0. The van der Waals surface area contributed by atoms with E-state index in [-0.39, 0.29) is 23.8 Å². The summed E-state index contributed by atoms with van der Waals surface area (Å²) in [5, 5.41) is 20.3. The van der Waals surface area contributed by atoms with E-state index in [2.05, 4.69) is 16.7 Å². The Morgan fingerprint density at radius 2 is 1.95 bits per heavy atom. The normalized spacial score (nSPS) is 21.6. The summed E-state index contributed by atoms with van der Waals surface area (Å²) < 4.78 is 2.19. The van der Waals surface area contributed by atoms with Crippen molar-refractivity contribution < 1.29 is 14.7 Å². The zero-order valence-electron chi connectivity index (χ0n) is 20.6. The number of likely N-dealkylation sites (tertiary alicyclic amines) is 1. The maximum atomic E-state index is 14.0. The van der Waals surface area contributed by atoms with E-state index in [1.807, 2.05) is 47.4 Å². The SMILES string of the molecule is N#CCCCn1c(CN2C(=O)C3(CN(C(=O)CC4CC(O)C4)C3)c3ccccc32)cc2cc(Cl)ccc21. The van der Waals surface area contributed by atoms with E-state index in [9.17, 15) is 14.7 Å². The first-order valence-electron chi connectivity index (χ1n) is 12.9. The quantitative estimate of drug-likeness (QED) is 0.472. The number of nitriles is 1. The molecule has 0 atom stereocenters. The van der Waals surface area contributed by atoms with Gasteiger partial charge in [0.2, 0.25) is 11.8 Å². The third-order valence-electron chi connectivity index (χ3n) is 8.25. The summed E-state index contributed by atoms with van der Waals surface area (Å²) >= 11 is 6.26. The van der Waals surface area contributed by atoms with Gasteiger partial charge in [-0.3, -0.25) is 9.59 Å². The van der Waals surface area contributed by atoms with Gasteiger partial charge in [0.1, 0.15) is 5.41 Å². The van der Waals surface area contributed by atoms with Gasteiger partial charge in [-0.25, -0.2) is 0 Å². The van der Waals surface area contributed by atoms with E-state index in [1.165, 1.54) is 0 Å². The van der Waals surface area contributed by atoms with Crippen LogP contribution < -0.4 is 4.90 Å². The van der Waals surface area contributed by atoms with Crippen molar-refractivity contribution in [3.63, 3.8) is 0 Å². The number of benzene rings is 2. The zero-order chi connectivity index (χ0) is 25.7.